The van der Waals surface area contributed by atoms with E-state index in [0.717, 1.165) is 17.4 Å². The van der Waals surface area contributed by atoms with Crippen LogP contribution in [-0.4, -0.2) is 64.3 Å². The second-order valence-electron chi connectivity index (χ2n) is 7.78. The third-order valence-electron chi connectivity index (χ3n) is 5.55. The first-order valence-electron chi connectivity index (χ1n) is 10.4. The molecule has 1 fully saturated rings. The Balaban J connectivity index is 1.99. The predicted molar refractivity (Wildman–Crippen MR) is 130 cm³/mol. The minimum absolute atomic E-state index is 0.206. The summed E-state index contributed by atoms with van der Waals surface area (Å²) in [6.07, 6.45) is 0.740. The number of halogens is 1. The Morgan fingerprint density at radius 1 is 1.15 bits per heavy atom. The maximum Gasteiger partial charge on any atom is 0.253 e. The summed E-state index contributed by atoms with van der Waals surface area (Å²) in [5.74, 6) is 1.48. The number of anilines is 1. The summed E-state index contributed by atoms with van der Waals surface area (Å²) in [5, 5.41) is 2.42. The first kappa shape index (κ1) is 23.3. The third-order valence-corrected chi connectivity index (χ3v) is 6.29. The standard InChI is InChI=1S/C22H26ClN5O4S/c1-6-27-21-13(2)24-20(17-10-8-15(31-3)12-19(17)32-4)16-9-7-14(23)11-18(16)28(21)22(25-27)26-33(5,29)30/h7-13,21H,6H2,1-5H3,(H,25,26). The lowest BCUT2D eigenvalue weighted by atomic mass is 9.99. The van der Waals surface area contributed by atoms with Gasteiger partial charge in [0.1, 0.15) is 17.7 Å². The van der Waals surface area contributed by atoms with Gasteiger partial charge in [-0.25, -0.2) is 8.42 Å². The van der Waals surface area contributed by atoms with Crippen molar-refractivity contribution >= 4 is 39.0 Å². The number of likely N-dealkylation sites (N-methyl/N-ethyl adjacent to an activating group) is 1. The number of hydrazine groups is 1. The molecule has 0 aliphatic carbocycles. The van der Waals surface area contributed by atoms with Gasteiger partial charge in [-0.05, 0) is 37.3 Å². The summed E-state index contributed by atoms with van der Waals surface area (Å²) >= 11 is 6.40. The number of ether oxygens (including phenoxy) is 2. The highest BCUT2D eigenvalue weighted by atomic mass is 35.5. The Kier molecular flexibility index (Phi) is 6.26. The zero-order valence-corrected chi connectivity index (χ0v) is 20.6. The number of aliphatic imine (C=N–C) groups is 1. The number of nitrogens with one attached hydrogen (secondary N) is 1. The number of benzene rings is 2. The van der Waals surface area contributed by atoms with E-state index in [9.17, 15) is 8.42 Å². The van der Waals surface area contributed by atoms with Crippen molar-refractivity contribution in [2.45, 2.75) is 26.1 Å². The zero-order valence-electron chi connectivity index (χ0n) is 19.0. The van der Waals surface area contributed by atoms with Crippen LogP contribution in [0.4, 0.5) is 5.69 Å². The van der Waals surface area contributed by atoms with Gasteiger partial charge in [0, 0.05) is 28.8 Å². The summed E-state index contributed by atoms with van der Waals surface area (Å²) < 4.78 is 39.1. The summed E-state index contributed by atoms with van der Waals surface area (Å²) in [6, 6.07) is 10.8. The van der Waals surface area contributed by atoms with Gasteiger partial charge in [-0.2, -0.15) is 5.01 Å². The highest BCUT2D eigenvalue weighted by molar-refractivity contribution is 7.89. The lowest BCUT2D eigenvalue weighted by Crippen LogP contribution is -2.47. The van der Waals surface area contributed by atoms with Crippen molar-refractivity contribution in [3.05, 3.63) is 52.5 Å². The molecule has 0 bridgehead atoms. The average molecular weight is 492 g/mol. The minimum Gasteiger partial charge on any atom is -0.497 e. The third kappa shape index (κ3) is 4.38. The monoisotopic (exact) mass is 491 g/mol. The van der Waals surface area contributed by atoms with E-state index in [-0.39, 0.29) is 18.2 Å². The molecule has 0 spiro atoms. The van der Waals surface area contributed by atoms with Crippen LogP contribution < -0.4 is 19.8 Å². The first-order chi connectivity index (χ1) is 15.7. The molecule has 2 aliphatic heterocycles. The molecule has 2 heterocycles. The summed E-state index contributed by atoms with van der Waals surface area (Å²) in [5.41, 5.74) is 6.09. The van der Waals surface area contributed by atoms with Crippen molar-refractivity contribution in [2.24, 2.45) is 9.39 Å². The SMILES string of the molecule is CCN1NC(=NS(C)(=O)=O)N2c3cc(Cl)ccc3C(c3ccc(OC)cc3OC)=NC(C)C12. The number of nitrogens with zero attached hydrogens (tertiary/aromatic N) is 4. The van der Waals surface area contributed by atoms with E-state index in [1.54, 1.807) is 32.4 Å². The van der Waals surface area contributed by atoms with Crippen molar-refractivity contribution in [1.29, 1.82) is 0 Å². The van der Waals surface area contributed by atoms with Crippen LogP contribution in [-0.2, 0) is 10.0 Å². The van der Waals surface area contributed by atoms with Crippen LogP contribution in [0.2, 0.25) is 5.02 Å². The van der Waals surface area contributed by atoms with Crippen LogP contribution in [0.15, 0.2) is 45.8 Å². The normalized spacial score (nSPS) is 21.7. The predicted octanol–water partition coefficient (Wildman–Crippen LogP) is 2.88. The Bertz CT molecular complexity index is 1250. The lowest BCUT2D eigenvalue weighted by molar-refractivity contribution is 0.190. The number of hydrogen-bond donors (Lipinski definition) is 1. The summed E-state index contributed by atoms with van der Waals surface area (Å²) in [6.45, 7) is 4.55. The Morgan fingerprint density at radius 3 is 2.52 bits per heavy atom. The molecular weight excluding hydrogens is 466 g/mol. The van der Waals surface area contributed by atoms with E-state index in [1.807, 2.05) is 42.0 Å². The molecule has 2 atom stereocenters. The van der Waals surface area contributed by atoms with Gasteiger partial charge in [0.25, 0.3) is 10.0 Å². The summed E-state index contributed by atoms with van der Waals surface area (Å²) in [4.78, 5) is 6.93. The van der Waals surface area contributed by atoms with Crippen molar-refractivity contribution in [3.8, 4) is 11.5 Å². The molecule has 1 saturated heterocycles. The Labute approximate surface area is 198 Å². The smallest absolute Gasteiger partial charge is 0.253 e. The molecule has 9 nitrogen and oxygen atoms in total. The van der Waals surface area contributed by atoms with Gasteiger partial charge in [0.05, 0.1) is 37.9 Å². The Morgan fingerprint density at radius 2 is 1.88 bits per heavy atom. The minimum atomic E-state index is -3.66. The molecule has 0 aromatic heterocycles. The highest BCUT2D eigenvalue weighted by Crippen LogP contribution is 2.38. The van der Waals surface area contributed by atoms with Gasteiger partial charge in [0.15, 0.2) is 0 Å². The highest BCUT2D eigenvalue weighted by Gasteiger charge is 2.44. The molecule has 1 N–H and O–H groups in total. The van der Waals surface area contributed by atoms with Gasteiger partial charge >= 0.3 is 0 Å². The molecule has 0 saturated carbocycles. The maximum absolute atomic E-state index is 12.1. The van der Waals surface area contributed by atoms with E-state index in [2.05, 4.69) is 9.82 Å². The molecule has 2 unspecified atom stereocenters. The quantitative estimate of drug-likeness (QED) is 0.687. The molecule has 11 heteroatoms. The second kappa shape index (κ2) is 8.85. The van der Waals surface area contributed by atoms with Crippen molar-refractivity contribution in [2.75, 3.05) is 31.9 Å². The maximum atomic E-state index is 12.1. The molecule has 176 valence electrons. The Hall–Kier alpha value is -2.82. The fraction of sp³-hybridized carbons (Fsp3) is 0.364. The number of fused-ring (bicyclic) bond motifs is 3. The molecular formula is C22H26ClN5O4S. The average Bonchev–Trinajstić information content (AvgIpc) is 3.07. The van der Waals surface area contributed by atoms with Gasteiger partial charge in [-0.1, -0.05) is 18.5 Å². The number of methoxy groups -OCH3 is 2. The van der Waals surface area contributed by atoms with E-state index in [0.29, 0.717) is 34.5 Å². The van der Waals surface area contributed by atoms with Gasteiger partial charge in [-0.15, -0.1) is 4.40 Å². The fourth-order valence-electron chi connectivity index (χ4n) is 4.19. The van der Waals surface area contributed by atoms with Crippen LogP contribution in [0.5, 0.6) is 11.5 Å². The first-order valence-corrected chi connectivity index (χ1v) is 12.6. The number of rotatable bonds is 5. The molecule has 0 radical (unpaired) electrons. The van der Waals surface area contributed by atoms with Gasteiger partial charge < -0.3 is 9.47 Å². The van der Waals surface area contributed by atoms with Crippen LogP contribution in [0.1, 0.15) is 25.0 Å². The zero-order chi connectivity index (χ0) is 23.9. The van der Waals surface area contributed by atoms with Crippen LogP contribution in [0.25, 0.3) is 0 Å². The summed E-state index contributed by atoms with van der Waals surface area (Å²) in [7, 11) is -0.469. The van der Waals surface area contributed by atoms with E-state index < -0.39 is 10.0 Å². The van der Waals surface area contributed by atoms with E-state index in [1.165, 1.54) is 0 Å². The number of guanidine groups is 1. The molecule has 0 amide bonds. The second-order valence-corrected chi connectivity index (χ2v) is 9.86. The molecule has 2 aromatic rings. The van der Waals surface area contributed by atoms with Gasteiger partial charge in [0.2, 0.25) is 5.96 Å². The van der Waals surface area contributed by atoms with Crippen LogP contribution in [0.3, 0.4) is 0 Å². The van der Waals surface area contributed by atoms with Crippen LogP contribution >= 0.6 is 11.6 Å². The van der Waals surface area contributed by atoms with Crippen molar-refractivity contribution in [1.82, 2.24) is 10.4 Å². The molecule has 2 aliphatic rings. The molecule has 33 heavy (non-hydrogen) atoms. The fourth-order valence-corrected chi connectivity index (χ4v) is 4.80. The largest absolute Gasteiger partial charge is 0.497 e. The van der Waals surface area contributed by atoms with Crippen molar-refractivity contribution in [3.63, 3.8) is 0 Å². The lowest BCUT2D eigenvalue weighted by Gasteiger charge is -2.30. The topological polar surface area (TPSA) is 95.8 Å². The van der Waals surface area contributed by atoms with Gasteiger partial charge in [-0.3, -0.25) is 15.3 Å². The number of sulfonamides is 1. The number of hydrogen-bond acceptors (Lipinski definition) is 6. The molecule has 4 rings (SSSR count). The van der Waals surface area contributed by atoms with E-state index >= 15 is 0 Å². The molecule has 2 aromatic carbocycles. The van der Waals surface area contributed by atoms with E-state index in [4.69, 9.17) is 26.1 Å². The van der Waals surface area contributed by atoms with Crippen LogP contribution in [0, 0.1) is 0 Å². The van der Waals surface area contributed by atoms with Crippen molar-refractivity contribution < 1.29 is 17.9 Å².